The van der Waals surface area contributed by atoms with Gasteiger partial charge in [-0.15, -0.1) is 0 Å². The first-order valence-corrected chi connectivity index (χ1v) is 5.41. The van der Waals surface area contributed by atoms with Gasteiger partial charge in [-0.1, -0.05) is 13.0 Å². The molecule has 1 aromatic rings. The van der Waals surface area contributed by atoms with Gasteiger partial charge in [-0.2, -0.15) is 0 Å². The van der Waals surface area contributed by atoms with Crippen LogP contribution in [0.15, 0.2) is 12.1 Å². The molecule has 0 saturated carbocycles. The quantitative estimate of drug-likeness (QED) is 0.761. The molecule has 0 bridgehead atoms. The fourth-order valence-electron chi connectivity index (χ4n) is 2.04. The van der Waals surface area contributed by atoms with Crippen molar-refractivity contribution in [3.63, 3.8) is 0 Å². The van der Waals surface area contributed by atoms with E-state index < -0.39 is 0 Å². The third-order valence-corrected chi connectivity index (χ3v) is 2.81. The average molecular weight is 204 g/mol. The van der Waals surface area contributed by atoms with E-state index in [1.165, 1.54) is 18.9 Å². The molecule has 1 aliphatic carbocycles. The number of rotatable bonds is 1. The number of nitrogens with zero attached hydrogens (tertiary/aromatic N) is 1. The number of amides is 1. The van der Waals surface area contributed by atoms with Gasteiger partial charge < -0.3 is 5.32 Å². The molecule has 1 unspecified atom stereocenters. The molecule has 1 aliphatic rings. The number of anilines is 1. The Hall–Kier alpha value is -1.38. The molecule has 80 valence electrons. The topological polar surface area (TPSA) is 42.0 Å². The summed E-state index contributed by atoms with van der Waals surface area (Å²) in [6.45, 7) is 3.77. The van der Waals surface area contributed by atoms with Gasteiger partial charge in [0.2, 0.25) is 5.91 Å². The van der Waals surface area contributed by atoms with E-state index in [-0.39, 0.29) is 5.91 Å². The summed E-state index contributed by atoms with van der Waals surface area (Å²) in [6, 6.07) is 3.97. The number of nitrogens with one attached hydrogen (secondary N) is 1. The Bertz CT molecular complexity index is 387. The Morgan fingerprint density at radius 3 is 3.07 bits per heavy atom. The zero-order valence-corrected chi connectivity index (χ0v) is 9.21. The van der Waals surface area contributed by atoms with Gasteiger partial charge in [-0.3, -0.25) is 4.79 Å². The zero-order valence-electron chi connectivity index (χ0n) is 9.21. The standard InChI is InChI=1S/C12H16N2O/c1-8-3-5-11-10(7-8)4-6-12(14-11)13-9(2)15/h4,6,8H,3,5,7H2,1-2H3,(H,13,14,15). The SMILES string of the molecule is CC(=O)Nc1ccc2c(n1)CCC(C)C2. The molecular weight excluding hydrogens is 188 g/mol. The van der Waals surface area contributed by atoms with Gasteiger partial charge in [-0.25, -0.2) is 4.98 Å². The molecule has 0 saturated heterocycles. The molecule has 0 aliphatic heterocycles. The minimum atomic E-state index is -0.0633. The largest absolute Gasteiger partial charge is 0.311 e. The van der Waals surface area contributed by atoms with Crippen LogP contribution < -0.4 is 5.32 Å². The van der Waals surface area contributed by atoms with E-state index in [1.807, 2.05) is 6.07 Å². The summed E-state index contributed by atoms with van der Waals surface area (Å²) in [7, 11) is 0. The average Bonchev–Trinajstić information content (AvgIpc) is 2.17. The number of pyridine rings is 1. The lowest BCUT2D eigenvalue weighted by Crippen LogP contribution is -2.15. The van der Waals surface area contributed by atoms with E-state index in [4.69, 9.17) is 0 Å². The van der Waals surface area contributed by atoms with E-state index >= 15 is 0 Å². The Morgan fingerprint density at radius 2 is 2.33 bits per heavy atom. The van der Waals surface area contributed by atoms with E-state index in [2.05, 4.69) is 23.3 Å². The third-order valence-electron chi connectivity index (χ3n) is 2.81. The fraction of sp³-hybridized carbons (Fsp3) is 0.500. The molecule has 1 heterocycles. The second-order valence-electron chi connectivity index (χ2n) is 4.33. The Kier molecular flexibility index (Phi) is 2.71. The van der Waals surface area contributed by atoms with Crippen LogP contribution in [0.4, 0.5) is 5.82 Å². The van der Waals surface area contributed by atoms with Gasteiger partial charge in [0.25, 0.3) is 0 Å². The van der Waals surface area contributed by atoms with Gasteiger partial charge in [0.1, 0.15) is 5.82 Å². The highest BCUT2D eigenvalue weighted by molar-refractivity contribution is 5.87. The summed E-state index contributed by atoms with van der Waals surface area (Å²) in [5, 5.41) is 2.72. The molecule has 3 nitrogen and oxygen atoms in total. The molecule has 3 heteroatoms. The lowest BCUT2D eigenvalue weighted by atomic mass is 9.88. The van der Waals surface area contributed by atoms with Crippen molar-refractivity contribution >= 4 is 11.7 Å². The second-order valence-corrected chi connectivity index (χ2v) is 4.33. The molecule has 0 fully saturated rings. The van der Waals surface area contributed by atoms with Crippen molar-refractivity contribution in [2.75, 3.05) is 5.32 Å². The molecule has 1 aromatic heterocycles. The molecule has 0 radical (unpaired) electrons. The van der Waals surface area contributed by atoms with E-state index in [0.717, 1.165) is 24.5 Å². The summed E-state index contributed by atoms with van der Waals surface area (Å²) in [6.07, 6.45) is 3.34. The number of aromatic nitrogens is 1. The van der Waals surface area contributed by atoms with Gasteiger partial charge in [-0.05, 0) is 36.8 Å². The smallest absolute Gasteiger partial charge is 0.222 e. The van der Waals surface area contributed by atoms with Crippen LogP contribution in [0.2, 0.25) is 0 Å². The van der Waals surface area contributed by atoms with Crippen molar-refractivity contribution in [2.24, 2.45) is 5.92 Å². The molecule has 1 amide bonds. The first-order valence-electron chi connectivity index (χ1n) is 5.41. The number of hydrogen-bond donors (Lipinski definition) is 1. The lowest BCUT2D eigenvalue weighted by molar-refractivity contribution is -0.114. The Labute approximate surface area is 89.9 Å². The maximum Gasteiger partial charge on any atom is 0.222 e. The number of hydrogen-bond acceptors (Lipinski definition) is 2. The van der Waals surface area contributed by atoms with Crippen molar-refractivity contribution in [1.29, 1.82) is 0 Å². The number of fused-ring (bicyclic) bond motifs is 1. The normalized spacial score (nSPS) is 19.5. The van der Waals surface area contributed by atoms with Gasteiger partial charge in [0.15, 0.2) is 0 Å². The highest BCUT2D eigenvalue weighted by atomic mass is 16.1. The molecule has 15 heavy (non-hydrogen) atoms. The van der Waals surface area contributed by atoms with Crippen molar-refractivity contribution < 1.29 is 4.79 Å². The summed E-state index contributed by atoms with van der Waals surface area (Å²) in [5.41, 5.74) is 2.49. The molecule has 2 rings (SSSR count). The van der Waals surface area contributed by atoms with Crippen LogP contribution in [-0.4, -0.2) is 10.9 Å². The van der Waals surface area contributed by atoms with Crippen LogP contribution in [0, 0.1) is 5.92 Å². The highest BCUT2D eigenvalue weighted by Gasteiger charge is 2.16. The minimum Gasteiger partial charge on any atom is -0.311 e. The van der Waals surface area contributed by atoms with Gasteiger partial charge in [0.05, 0.1) is 0 Å². The molecule has 1 N–H and O–H groups in total. The van der Waals surface area contributed by atoms with Crippen molar-refractivity contribution in [2.45, 2.75) is 33.1 Å². The Balaban J connectivity index is 2.23. The van der Waals surface area contributed by atoms with E-state index in [1.54, 1.807) is 0 Å². The van der Waals surface area contributed by atoms with Gasteiger partial charge >= 0.3 is 0 Å². The van der Waals surface area contributed by atoms with Crippen LogP contribution in [0.5, 0.6) is 0 Å². The number of carbonyl (C=O) groups excluding carboxylic acids is 1. The number of aryl methyl sites for hydroxylation is 1. The third kappa shape index (κ3) is 2.35. The van der Waals surface area contributed by atoms with Crippen LogP contribution >= 0.6 is 0 Å². The summed E-state index contributed by atoms with van der Waals surface area (Å²) in [4.78, 5) is 15.3. The Morgan fingerprint density at radius 1 is 1.53 bits per heavy atom. The molecule has 0 spiro atoms. The summed E-state index contributed by atoms with van der Waals surface area (Å²) < 4.78 is 0. The molecule has 1 atom stereocenters. The molecular formula is C12H16N2O. The predicted molar refractivity (Wildman–Crippen MR) is 59.7 cm³/mol. The van der Waals surface area contributed by atoms with Crippen molar-refractivity contribution in [1.82, 2.24) is 4.98 Å². The first kappa shape index (κ1) is 10.1. The summed E-state index contributed by atoms with van der Waals surface area (Å²) in [5.74, 6) is 1.37. The number of carbonyl (C=O) groups is 1. The van der Waals surface area contributed by atoms with Crippen molar-refractivity contribution in [3.8, 4) is 0 Å². The van der Waals surface area contributed by atoms with Crippen LogP contribution in [0.25, 0.3) is 0 Å². The maximum atomic E-state index is 10.9. The van der Waals surface area contributed by atoms with E-state index in [9.17, 15) is 4.79 Å². The van der Waals surface area contributed by atoms with Crippen LogP contribution in [-0.2, 0) is 17.6 Å². The maximum absolute atomic E-state index is 10.9. The lowest BCUT2D eigenvalue weighted by Gasteiger charge is -2.20. The first-order chi connectivity index (χ1) is 7.15. The second kappa shape index (κ2) is 4.01. The van der Waals surface area contributed by atoms with Crippen LogP contribution in [0.1, 0.15) is 31.5 Å². The monoisotopic (exact) mass is 204 g/mol. The predicted octanol–water partition coefficient (Wildman–Crippen LogP) is 2.16. The zero-order chi connectivity index (χ0) is 10.8. The molecule has 0 aromatic carbocycles. The highest BCUT2D eigenvalue weighted by Crippen LogP contribution is 2.24. The van der Waals surface area contributed by atoms with E-state index in [0.29, 0.717) is 5.82 Å². The summed E-state index contributed by atoms with van der Waals surface area (Å²) >= 11 is 0. The van der Waals surface area contributed by atoms with Crippen LogP contribution in [0.3, 0.4) is 0 Å². The van der Waals surface area contributed by atoms with Gasteiger partial charge in [0, 0.05) is 12.6 Å². The fourth-order valence-corrected chi connectivity index (χ4v) is 2.04. The van der Waals surface area contributed by atoms with Crippen molar-refractivity contribution in [3.05, 3.63) is 23.4 Å². The minimum absolute atomic E-state index is 0.0633.